The number of benzene rings is 1. The second-order valence-corrected chi connectivity index (χ2v) is 3.61. The first kappa shape index (κ1) is 10.8. The average Bonchev–Trinajstić information content (AvgIpc) is 2.81. The smallest absolute Gasteiger partial charge is 0.137 e. The molecule has 0 bridgehead atoms. The van der Waals surface area contributed by atoms with Crippen LogP contribution in [0.3, 0.4) is 0 Å². The van der Waals surface area contributed by atoms with Crippen LogP contribution in [0.5, 0.6) is 5.75 Å². The van der Waals surface area contributed by atoms with Crippen LogP contribution in [-0.4, -0.2) is 12.2 Å². The summed E-state index contributed by atoms with van der Waals surface area (Å²) in [6.45, 7) is 1.72. The first-order valence-electron chi connectivity index (χ1n) is 5.12. The molecule has 1 heterocycles. The molecule has 16 heavy (non-hydrogen) atoms. The second kappa shape index (κ2) is 4.41. The highest BCUT2D eigenvalue weighted by Gasteiger charge is 2.10. The fourth-order valence-electron chi connectivity index (χ4n) is 1.60. The first-order chi connectivity index (χ1) is 7.72. The number of methoxy groups -OCH3 is 1. The van der Waals surface area contributed by atoms with E-state index in [1.54, 1.807) is 20.3 Å². The molecule has 3 nitrogen and oxygen atoms in total. The molecule has 0 saturated carbocycles. The largest absolute Gasteiger partial charge is 0.496 e. The molecule has 0 radical (unpaired) electrons. The standard InChI is InChI=1S/C13H14O3/c1-9(14)10-5-6-11(13(8-10)15-2)12-4-3-7-16-12/h3-9,14H,1-2H3. The summed E-state index contributed by atoms with van der Waals surface area (Å²) in [4.78, 5) is 0. The van der Waals surface area contributed by atoms with E-state index in [1.807, 2.05) is 30.3 Å². The van der Waals surface area contributed by atoms with Crippen molar-refractivity contribution in [2.24, 2.45) is 0 Å². The van der Waals surface area contributed by atoms with E-state index in [0.717, 1.165) is 16.9 Å². The quantitative estimate of drug-likeness (QED) is 0.861. The summed E-state index contributed by atoms with van der Waals surface area (Å²) >= 11 is 0. The zero-order valence-electron chi connectivity index (χ0n) is 9.31. The van der Waals surface area contributed by atoms with Gasteiger partial charge in [-0.25, -0.2) is 0 Å². The van der Waals surface area contributed by atoms with Gasteiger partial charge in [-0.1, -0.05) is 6.07 Å². The summed E-state index contributed by atoms with van der Waals surface area (Å²) in [5.74, 6) is 1.46. The molecular formula is C13H14O3. The number of aliphatic hydroxyl groups is 1. The van der Waals surface area contributed by atoms with Crippen molar-refractivity contribution in [2.45, 2.75) is 13.0 Å². The lowest BCUT2D eigenvalue weighted by atomic mass is 10.1. The summed E-state index contributed by atoms with van der Waals surface area (Å²) in [5.41, 5.74) is 1.71. The molecule has 1 atom stereocenters. The zero-order chi connectivity index (χ0) is 11.5. The van der Waals surface area contributed by atoms with Gasteiger partial charge in [0.05, 0.1) is 25.0 Å². The summed E-state index contributed by atoms with van der Waals surface area (Å²) in [6, 6.07) is 9.28. The third-order valence-electron chi connectivity index (χ3n) is 2.49. The van der Waals surface area contributed by atoms with Gasteiger partial charge in [0.2, 0.25) is 0 Å². The average molecular weight is 218 g/mol. The lowest BCUT2D eigenvalue weighted by molar-refractivity contribution is 0.199. The fourth-order valence-corrected chi connectivity index (χ4v) is 1.60. The van der Waals surface area contributed by atoms with Crippen molar-refractivity contribution >= 4 is 0 Å². The summed E-state index contributed by atoms with van der Waals surface area (Å²) in [5, 5.41) is 9.49. The zero-order valence-corrected chi connectivity index (χ0v) is 9.31. The molecule has 1 unspecified atom stereocenters. The minimum Gasteiger partial charge on any atom is -0.496 e. The molecule has 0 aliphatic heterocycles. The topological polar surface area (TPSA) is 42.6 Å². The summed E-state index contributed by atoms with van der Waals surface area (Å²) < 4.78 is 10.6. The van der Waals surface area contributed by atoms with Crippen molar-refractivity contribution in [3.05, 3.63) is 42.2 Å². The van der Waals surface area contributed by atoms with Crippen LogP contribution in [-0.2, 0) is 0 Å². The van der Waals surface area contributed by atoms with Crippen LogP contribution < -0.4 is 4.74 Å². The molecule has 0 saturated heterocycles. The van der Waals surface area contributed by atoms with Gasteiger partial charge < -0.3 is 14.3 Å². The Balaban J connectivity index is 2.47. The Morgan fingerprint density at radius 2 is 2.12 bits per heavy atom. The Morgan fingerprint density at radius 1 is 1.31 bits per heavy atom. The highest BCUT2D eigenvalue weighted by Crippen LogP contribution is 2.32. The number of aliphatic hydroxyl groups excluding tert-OH is 1. The van der Waals surface area contributed by atoms with Gasteiger partial charge in [-0.05, 0) is 36.8 Å². The number of ether oxygens (including phenoxy) is 1. The van der Waals surface area contributed by atoms with Crippen LogP contribution in [0.4, 0.5) is 0 Å². The maximum absolute atomic E-state index is 9.49. The van der Waals surface area contributed by atoms with E-state index in [4.69, 9.17) is 9.15 Å². The molecule has 0 spiro atoms. The third-order valence-corrected chi connectivity index (χ3v) is 2.49. The van der Waals surface area contributed by atoms with Gasteiger partial charge in [0.1, 0.15) is 11.5 Å². The molecule has 0 aliphatic carbocycles. The molecule has 1 aromatic carbocycles. The Hall–Kier alpha value is -1.74. The lowest BCUT2D eigenvalue weighted by Crippen LogP contribution is -1.94. The SMILES string of the molecule is COc1cc(C(C)O)ccc1-c1ccco1. The van der Waals surface area contributed by atoms with Gasteiger partial charge in [-0.3, -0.25) is 0 Å². The van der Waals surface area contributed by atoms with E-state index in [-0.39, 0.29) is 0 Å². The van der Waals surface area contributed by atoms with Crippen molar-refractivity contribution in [1.29, 1.82) is 0 Å². The van der Waals surface area contributed by atoms with Crippen molar-refractivity contribution in [2.75, 3.05) is 7.11 Å². The highest BCUT2D eigenvalue weighted by atomic mass is 16.5. The number of hydrogen-bond acceptors (Lipinski definition) is 3. The van der Waals surface area contributed by atoms with Crippen molar-refractivity contribution < 1.29 is 14.3 Å². The van der Waals surface area contributed by atoms with Gasteiger partial charge >= 0.3 is 0 Å². The predicted molar refractivity (Wildman–Crippen MR) is 61.3 cm³/mol. The van der Waals surface area contributed by atoms with Crippen LogP contribution in [0.1, 0.15) is 18.6 Å². The first-order valence-corrected chi connectivity index (χ1v) is 5.12. The van der Waals surface area contributed by atoms with E-state index in [9.17, 15) is 5.11 Å². The number of furan rings is 1. The third kappa shape index (κ3) is 1.95. The van der Waals surface area contributed by atoms with Crippen LogP contribution in [0, 0.1) is 0 Å². The predicted octanol–water partition coefficient (Wildman–Crippen LogP) is 3.01. The molecular weight excluding hydrogens is 204 g/mol. The normalized spacial score (nSPS) is 12.4. The van der Waals surface area contributed by atoms with Gasteiger partial charge in [-0.15, -0.1) is 0 Å². The molecule has 0 aliphatic rings. The summed E-state index contributed by atoms with van der Waals surface area (Å²) in [7, 11) is 1.60. The van der Waals surface area contributed by atoms with Crippen molar-refractivity contribution in [1.82, 2.24) is 0 Å². The molecule has 1 aromatic heterocycles. The Morgan fingerprint density at radius 3 is 2.69 bits per heavy atom. The maximum atomic E-state index is 9.49. The maximum Gasteiger partial charge on any atom is 0.137 e. The summed E-state index contributed by atoms with van der Waals surface area (Å²) in [6.07, 6.45) is 1.12. The van der Waals surface area contributed by atoms with E-state index < -0.39 is 6.10 Å². The Bertz CT molecular complexity index is 458. The van der Waals surface area contributed by atoms with Gasteiger partial charge in [0, 0.05) is 0 Å². The monoisotopic (exact) mass is 218 g/mol. The lowest BCUT2D eigenvalue weighted by Gasteiger charge is -2.10. The van der Waals surface area contributed by atoms with Crippen LogP contribution >= 0.6 is 0 Å². The van der Waals surface area contributed by atoms with Crippen LogP contribution in [0.15, 0.2) is 41.0 Å². The van der Waals surface area contributed by atoms with Crippen LogP contribution in [0.25, 0.3) is 11.3 Å². The van der Waals surface area contributed by atoms with E-state index in [1.165, 1.54) is 0 Å². The highest BCUT2D eigenvalue weighted by molar-refractivity contribution is 5.66. The van der Waals surface area contributed by atoms with Crippen molar-refractivity contribution in [3.8, 4) is 17.1 Å². The number of hydrogen-bond donors (Lipinski definition) is 1. The Kier molecular flexibility index (Phi) is 2.97. The van der Waals surface area contributed by atoms with E-state index in [0.29, 0.717) is 5.75 Å². The molecule has 2 rings (SSSR count). The van der Waals surface area contributed by atoms with Gasteiger partial charge in [0.15, 0.2) is 0 Å². The molecule has 2 aromatic rings. The molecule has 3 heteroatoms. The molecule has 84 valence electrons. The van der Waals surface area contributed by atoms with Crippen molar-refractivity contribution in [3.63, 3.8) is 0 Å². The molecule has 1 N–H and O–H groups in total. The second-order valence-electron chi connectivity index (χ2n) is 3.61. The van der Waals surface area contributed by atoms with E-state index >= 15 is 0 Å². The van der Waals surface area contributed by atoms with E-state index in [2.05, 4.69) is 0 Å². The van der Waals surface area contributed by atoms with Gasteiger partial charge in [-0.2, -0.15) is 0 Å². The molecule has 0 amide bonds. The fraction of sp³-hybridized carbons (Fsp3) is 0.231. The number of rotatable bonds is 3. The minimum atomic E-state index is -0.500. The van der Waals surface area contributed by atoms with Crippen LogP contribution in [0.2, 0.25) is 0 Å². The van der Waals surface area contributed by atoms with Gasteiger partial charge in [0.25, 0.3) is 0 Å². The minimum absolute atomic E-state index is 0.500. The molecule has 0 fully saturated rings. The Labute approximate surface area is 94.3 Å².